The number of benzene rings is 1. The fraction of sp³-hybridized carbons (Fsp3) is 0.0714. The van der Waals surface area contributed by atoms with Crippen LogP contribution in [0.15, 0.2) is 59.0 Å². The van der Waals surface area contributed by atoms with Gasteiger partial charge in [0.2, 0.25) is 0 Å². The van der Waals surface area contributed by atoms with Gasteiger partial charge >= 0.3 is 0 Å². The van der Waals surface area contributed by atoms with Crippen molar-refractivity contribution in [1.82, 2.24) is 4.98 Å². The first kappa shape index (κ1) is 13.3. The summed E-state index contributed by atoms with van der Waals surface area (Å²) < 4.78 is 29.1. The Labute approximate surface area is 112 Å². The van der Waals surface area contributed by atoms with Crippen molar-refractivity contribution in [2.75, 3.05) is 7.11 Å². The second-order valence-electron chi connectivity index (χ2n) is 3.78. The molecular weight excluding hydrogens is 262 g/mol. The number of pyridine rings is 1. The molecule has 0 unspecified atom stereocenters. The fourth-order valence-electron chi connectivity index (χ4n) is 1.48. The molecule has 0 aliphatic rings. The van der Waals surface area contributed by atoms with Crippen molar-refractivity contribution in [2.24, 2.45) is 0 Å². The highest BCUT2D eigenvalue weighted by Gasteiger charge is 2.10. The topological polar surface area (TPSA) is 56.3 Å². The molecule has 0 fully saturated rings. The molecule has 0 radical (unpaired) electrons. The van der Waals surface area contributed by atoms with E-state index >= 15 is 0 Å². The van der Waals surface area contributed by atoms with E-state index in [-0.39, 0.29) is 4.90 Å². The van der Waals surface area contributed by atoms with Crippen LogP contribution >= 0.6 is 0 Å². The number of hydrogen-bond donors (Lipinski definition) is 0. The maximum absolute atomic E-state index is 12.0. The van der Waals surface area contributed by atoms with Crippen LogP contribution in [0, 0.1) is 0 Å². The molecule has 98 valence electrons. The maximum atomic E-state index is 12.0. The molecular formula is C14H13NO3S. The van der Waals surface area contributed by atoms with Crippen molar-refractivity contribution in [1.29, 1.82) is 0 Å². The van der Waals surface area contributed by atoms with Crippen LogP contribution in [0.4, 0.5) is 0 Å². The summed E-state index contributed by atoms with van der Waals surface area (Å²) in [5, 5.41) is 1.15. The lowest BCUT2D eigenvalue weighted by Crippen LogP contribution is -1.96. The van der Waals surface area contributed by atoms with Crippen LogP contribution in [0.25, 0.3) is 6.08 Å². The van der Waals surface area contributed by atoms with E-state index in [4.69, 9.17) is 4.74 Å². The summed E-state index contributed by atoms with van der Waals surface area (Å²) in [6.45, 7) is 0. The quantitative estimate of drug-likeness (QED) is 0.860. The number of ether oxygens (including phenoxy) is 1. The zero-order valence-electron chi connectivity index (χ0n) is 10.4. The van der Waals surface area contributed by atoms with Gasteiger partial charge in [0.05, 0.1) is 17.7 Å². The normalized spacial score (nSPS) is 11.6. The molecule has 0 saturated carbocycles. The van der Waals surface area contributed by atoms with Gasteiger partial charge < -0.3 is 4.74 Å². The number of methoxy groups -OCH3 is 1. The molecule has 1 heterocycles. The van der Waals surface area contributed by atoms with Crippen molar-refractivity contribution in [3.8, 4) is 5.75 Å². The molecule has 0 N–H and O–H groups in total. The zero-order chi connectivity index (χ0) is 13.7. The smallest absolute Gasteiger partial charge is 0.199 e. The van der Waals surface area contributed by atoms with Gasteiger partial charge in [-0.3, -0.25) is 4.98 Å². The van der Waals surface area contributed by atoms with E-state index in [9.17, 15) is 8.42 Å². The fourth-order valence-corrected chi connectivity index (χ4v) is 2.47. The summed E-state index contributed by atoms with van der Waals surface area (Å²) in [7, 11) is -1.93. The molecule has 0 bridgehead atoms. The molecule has 0 spiro atoms. The second-order valence-corrected chi connectivity index (χ2v) is 5.61. The van der Waals surface area contributed by atoms with Crippen molar-refractivity contribution in [3.05, 3.63) is 59.8 Å². The number of sulfone groups is 1. The van der Waals surface area contributed by atoms with Crippen molar-refractivity contribution < 1.29 is 13.2 Å². The third kappa shape index (κ3) is 3.42. The lowest BCUT2D eigenvalue weighted by atomic mass is 10.3. The van der Waals surface area contributed by atoms with Gasteiger partial charge in [0.1, 0.15) is 5.75 Å². The van der Waals surface area contributed by atoms with E-state index in [1.165, 1.54) is 25.3 Å². The van der Waals surface area contributed by atoms with E-state index in [1.807, 2.05) is 0 Å². The highest BCUT2D eigenvalue weighted by molar-refractivity contribution is 7.94. The van der Waals surface area contributed by atoms with Crippen molar-refractivity contribution >= 4 is 15.9 Å². The van der Waals surface area contributed by atoms with Gasteiger partial charge in [0, 0.05) is 11.6 Å². The molecule has 2 rings (SSSR count). The van der Waals surface area contributed by atoms with Gasteiger partial charge in [-0.25, -0.2) is 8.42 Å². The van der Waals surface area contributed by atoms with Gasteiger partial charge in [0.25, 0.3) is 0 Å². The SMILES string of the molecule is COc1ccc(S(=O)(=O)/C=C/c2ccccn2)cc1. The molecule has 0 atom stereocenters. The number of aromatic nitrogens is 1. The Morgan fingerprint density at radius 3 is 2.42 bits per heavy atom. The van der Waals surface area contributed by atoms with Crippen LogP contribution < -0.4 is 4.74 Å². The monoisotopic (exact) mass is 275 g/mol. The van der Waals surface area contributed by atoms with E-state index in [1.54, 1.807) is 36.5 Å². The zero-order valence-corrected chi connectivity index (χ0v) is 11.2. The first-order chi connectivity index (χ1) is 9.12. The Kier molecular flexibility index (Phi) is 3.97. The lowest BCUT2D eigenvalue weighted by molar-refractivity contribution is 0.414. The predicted molar refractivity (Wildman–Crippen MR) is 73.5 cm³/mol. The van der Waals surface area contributed by atoms with Crippen molar-refractivity contribution in [2.45, 2.75) is 4.90 Å². The molecule has 0 aliphatic heterocycles. The predicted octanol–water partition coefficient (Wildman–Crippen LogP) is 2.53. The first-order valence-corrected chi connectivity index (χ1v) is 7.15. The molecule has 19 heavy (non-hydrogen) atoms. The molecule has 0 saturated heterocycles. The average molecular weight is 275 g/mol. The van der Waals surface area contributed by atoms with Gasteiger partial charge in [-0.05, 0) is 42.5 Å². The van der Waals surface area contributed by atoms with Gasteiger partial charge in [-0.15, -0.1) is 0 Å². The maximum Gasteiger partial charge on any atom is 0.199 e. The summed E-state index contributed by atoms with van der Waals surface area (Å²) in [6, 6.07) is 11.6. The van der Waals surface area contributed by atoms with E-state index in [2.05, 4.69) is 4.98 Å². The molecule has 0 amide bonds. The van der Waals surface area contributed by atoms with Crippen molar-refractivity contribution in [3.63, 3.8) is 0 Å². The third-order valence-corrected chi connectivity index (χ3v) is 3.92. The van der Waals surface area contributed by atoms with Crippen LogP contribution in [0.5, 0.6) is 5.75 Å². The van der Waals surface area contributed by atoms with Crippen LogP contribution in [-0.2, 0) is 9.84 Å². The Hall–Kier alpha value is -2.14. The average Bonchev–Trinajstić information content (AvgIpc) is 2.46. The minimum absolute atomic E-state index is 0.223. The van der Waals surface area contributed by atoms with E-state index in [0.29, 0.717) is 11.4 Å². The highest BCUT2D eigenvalue weighted by atomic mass is 32.2. The summed E-state index contributed by atoms with van der Waals surface area (Å²) in [5.41, 5.74) is 0.597. The first-order valence-electron chi connectivity index (χ1n) is 5.60. The van der Waals surface area contributed by atoms with Crippen LogP contribution in [-0.4, -0.2) is 20.5 Å². The molecule has 1 aromatic heterocycles. The molecule has 4 nitrogen and oxygen atoms in total. The van der Waals surface area contributed by atoms with Gasteiger partial charge in [-0.1, -0.05) is 6.07 Å². The van der Waals surface area contributed by atoms with Crippen LogP contribution in [0.1, 0.15) is 5.69 Å². The minimum atomic E-state index is -3.46. The molecule has 0 aliphatic carbocycles. The molecule has 5 heteroatoms. The Bertz CT molecular complexity index is 662. The summed E-state index contributed by atoms with van der Waals surface area (Å²) in [6.07, 6.45) is 3.08. The number of rotatable bonds is 4. The summed E-state index contributed by atoms with van der Waals surface area (Å²) >= 11 is 0. The minimum Gasteiger partial charge on any atom is -0.497 e. The largest absolute Gasteiger partial charge is 0.497 e. The van der Waals surface area contributed by atoms with E-state index < -0.39 is 9.84 Å². The Morgan fingerprint density at radius 1 is 1.11 bits per heavy atom. The van der Waals surface area contributed by atoms with Gasteiger partial charge in [0.15, 0.2) is 9.84 Å². The lowest BCUT2D eigenvalue weighted by Gasteiger charge is -2.01. The third-order valence-electron chi connectivity index (χ3n) is 2.49. The standard InChI is InChI=1S/C14H13NO3S/c1-18-13-5-7-14(8-6-13)19(16,17)11-9-12-4-2-3-10-15-12/h2-11H,1H3/b11-9+. The van der Waals surface area contributed by atoms with Crippen LogP contribution in [0.3, 0.4) is 0 Å². The van der Waals surface area contributed by atoms with Crippen LogP contribution in [0.2, 0.25) is 0 Å². The molecule has 2 aromatic rings. The van der Waals surface area contributed by atoms with E-state index in [0.717, 1.165) is 5.41 Å². The Balaban J connectivity index is 2.25. The van der Waals surface area contributed by atoms with Gasteiger partial charge in [-0.2, -0.15) is 0 Å². The Morgan fingerprint density at radius 2 is 1.84 bits per heavy atom. The highest BCUT2D eigenvalue weighted by Crippen LogP contribution is 2.17. The summed E-state index contributed by atoms with van der Waals surface area (Å²) in [4.78, 5) is 4.25. The number of nitrogens with zero attached hydrogens (tertiary/aromatic N) is 1. The molecule has 1 aromatic carbocycles. The number of hydrogen-bond acceptors (Lipinski definition) is 4. The second kappa shape index (κ2) is 5.67. The summed E-state index contributed by atoms with van der Waals surface area (Å²) in [5.74, 6) is 0.618.